The van der Waals surface area contributed by atoms with Crippen LogP contribution in [-0.4, -0.2) is 57.3 Å². The van der Waals surface area contributed by atoms with Crippen molar-refractivity contribution in [3.63, 3.8) is 0 Å². The minimum absolute atomic E-state index is 0.0226. The van der Waals surface area contributed by atoms with Crippen LogP contribution in [0.1, 0.15) is 55.8 Å². The largest absolute Gasteiger partial charge is 0.341 e. The van der Waals surface area contributed by atoms with E-state index in [4.69, 9.17) is 0 Å². The Balaban J connectivity index is 1.80. The zero-order valence-corrected chi connectivity index (χ0v) is 16.2. The van der Waals surface area contributed by atoms with Crippen molar-refractivity contribution in [3.05, 3.63) is 29.6 Å². The first-order valence-electron chi connectivity index (χ1n) is 9.48. The molecule has 0 atom stereocenters. The Morgan fingerprint density at radius 2 is 1.81 bits per heavy atom. The van der Waals surface area contributed by atoms with Gasteiger partial charge < -0.3 is 14.4 Å². The highest BCUT2D eigenvalue weighted by molar-refractivity contribution is 5.97. The molecule has 0 aliphatic carbocycles. The Morgan fingerprint density at radius 1 is 1.12 bits per heavy atom. The Hall–Kier alpha value is -2.37. The molecule has 1 fully saturated rings. The molecule has 2 amide bonds. The topological polar surface area (TPSA) is 58.4 Å². The lowest BCUT2D eigenvalue weighted by Crippen LogP contribution is -2.37. The van der Waals surface area contributed by atoms with E-state index in [0.717, 1.165) is 29.8 Å². The molecule has 0 N–H and O–H groups in total. The van der Waals surface area contributed by atoms with Crippen molar-refractivity contribution in [2.24, 2.45) is 0 Å². The molecule has 1 saturated heterocycles. The quantitative estimate of drug-likeness (QED) is 0.849. The summed E-state index contributed by atoms with van der Waals surface area (Å²) in [6.07, 6.45) is 1.34. The van der Waals surface area contributed by atoms with E-state index in [1.165, 1.54) is 0 Å². The van der Waals surface area contributed by atoms with Crippen LogP contribution in [0.2, 0.25) is 0 Å². The van der Waals surface area contributed by atoms with E-state index < -0.39 is 0 Å². The summed E-state index contributed by atoms with van der Waals surface area (Å²) in [4.78, 5) is 33.2. The van der Waals surface area contributed by atoms with Gasteiger partial charge in [-0.25, -0.2) is 4.98 Å². The summed E-state index contributed by atoms with van der Waals surface area (Å²) in [5, 5.41) is 0. The van der Waals surface area contributed by atoms with E-state index >= 15 is 0 Å². The number of benzene rings is 1. The van der Waals surface area contributed by atoms with Gasteiger partial charge in [0.05, 0.1) is 11.0 Å². The Labute approximate surface area is 154 Å². The maximum atomic E-state index is 13.0. The number of nitrogens with zero attached hydrogens (tertiary/aromatic N) is 4. The number of imidazole rings is 1. The first kappa shape index (κ1) is 18.4. The number of amides is 2. The van der Waals surface area contributed by atoms with Crippen molar-refractivity contribution < 1.29 is 9.59 Å². The molecular formula is C20H28N4O2. The van der Waals surface area contributed by atoms with E-state index in [0.29, 0.717) is 37.7 Å². The predicted molar refractivity (Wildman–Crippen MR) is 102 cm³/mol. The third-order valence-electron chi connectivity index (χ3n) is 5.07. The van der Waals surface area contributed by atoms with Crippen molar-refractivity contribution in [3.8, 4) is 0 Å². The van der Waals surface area contributed by atoms with E-state index in [9.17, 15) is 9.59 Å². The van der Waals surface area contributed by atoms with Gasteiger partial charge >= 0.3 is 0 Å². The summed E-state index contributed by atoms with van der Waals surface area (Å²) in [6, 6.07) is 6.11. The van der Waals surface area contributed by atoms with Crippen LogP contribution in [0.4, 0.5) is 0 Å². The van der Waals surface area contributed by atoms with Crippen LogP contribution in [0.5, 0.6) is 0 Å². The number of hydrogen-bond donors (Lipinski definition) is 0. The fourth-order valence-corrected chi connectivity index (χ4v) is 3.78. The van der Waals surface area contributed by atoms with Gasteiger partial charge in [-0.1, -0.05) is 6.92 Å². The molecule has 2 heterocycles. The van der Waals surface area contributed by atoms with Gasteiger partial charge in [-0.3, -0.25) is 9.59 Å². The lowest BCUT2D eigenvalue weighted by Gasteiger charge is -2.22. The van der Waals surface area contributed by atoms with Gasteiger partial charge in [-0.05, 0) is 45.4 Å². The standard InChI is InChI=1S/C20H28N4O2/c1-5-19(25)22-9-6-10-23(12-11-22)20(26)16-7-8-18-17(13-16)21-15(4)24(18)14(2)3/h7-8,13-14H,5-6,9-12H2,1-4H3. The van der Waals surface area contributed by atoms with Gasteiger partial charge in [0.25, 0.3) is 5.91 Å². The van der Waals surface area contributed by atoms with E-state index in [-0.39, 0.29) is 11.8 Å². The number of carbonyl (C=O) groups excluding carboxylic acids is 2. The second-order valence-corrected chi connectivity index (χ2v) is 7.21. The highest BCUT2D eigenvalue weighted by atomic mass is 16.2. The predicted octanol–water partition coefficient (Wildman–Crippen LogP) is 3.01. The van der Waals surface area contributed by atoms with E-state index in [1.807, 2.05) is 41.8 Å². The summed E-state index contributed by atoms with van der Waals surface area (Å²) in [7, 11) is 0. The van der Waals surface area contributed by atoms with Crippen molar-refractivity contribution in [1.82, 2.24) is 19.4 Å². The third-order valence-corrected chi connectivity index (χ3v) is 5.07. The van der Waals surface area contributed by atoms with Gasteiger partial charge in [0.1, 0.15) is 5.82 Å². The van der Waals surface area contributed by atoms with Crippen LogP contribution in [0.3, 0.4) is 0 Å². The molecule has 0 saturated carbocycles. The second-order valence-electron chi connectivity index (χ2n) is 7.21. The molecule has 1 aromatic carbocycles. The Kier molecular flexibility index (Phi) is 5.30. The second kappa shape index (κ2) is 7.48. The molecule has 0 radical (unpaired) electrons. The van der Waals surface area contributed by atoms with Gasteiger partial charge in [0.2, 0.25) is 5.91 Å². The van der Waals surface area contributed by atoms with Crippen LogP contribution in [-0.2, 0) is 4.79 Å². The van der Waals surface area contributed by atoms with Crippen LogP contribution in [0.25, 0.3) is 11.0 Å². The fourth-order valence-electron chi connectivity index (χ4n) is 3.78. The molecule has 1 aliphatic rings. The minimum Gasteiger partial charge on any atom is -0.341 e. The number of aryl methyl sites for hydroxylation is 1. The summed E-state index contributed by atoms with van der Waals surface area (Å²) >= 11 is 0. The average Bonchev–Trinajstić information content (AvgIpc) is 2.79. The van der Waals surface area contributed by atoms with Crippen molar-refractivity contribution in [2.45, 2.75) is 46.6 Å². The first-order valence-corrected chi connectivity index (χ1v) is 9.48. The molecule has 26 heavy (non-hydrogen) atoms. The maximum absolute atomic E-state index is 13.0. The lowest BCUT2D eigenvalue weighted by molar-refractivity contribution is -0.130. The number of fused-ring (bicyclic) bond motifs is 1. The molecule has 6 heteroatoms. The highest BCUT2D eigenvalue weighted by Crippen LogP contribution is 2.22. The SMILES string of the molecule is CCC(=O)N1CCCN(C(=O)c2ccc3c(c2)nc(C)n3C(C)C)CC1. The molecule has 0 spiro atoms. The summed E-state index contributed by atoms with van der Waals surface area (Å²) in [5.41, 5.74) is 2.59. The monoisotopic (exact) mass is 356 g/mol. The Morgan fingerprint density at radius 3 is 2.50 bits per heavy atom. The lowest BCUT2D eigenvalue weighted by atomic mass is 10.1. The van der Waals surface area contributed by atoms with Gasteiger partial charge in [-0.2, -0.15) is 0 Å². The van der Waals surface area contributed by atoms with E-state index in [1.54, 1.807) is 0 Å². The van der Waals surface area contributed by atoms with Crippen LogP contribution >= 0.6 is 0 Å². The molecule has 3 rings (SSSR count). The molecule has 6 nitrogen and oxygen atoms in total. The highest BCUT2D eigenvalue weighted by Gasteiger charge is 2.23. The summed E-state index contributed by atoms with van der Waals surface area (Å²) < 4.78 is 2.18. The van der Waals surface area contributed by atoms with Gasteiger partial charge in [0.15, 0.2) is 0 Å². The first-order chi connectivity index (χ1) is 12.4. The molecular weight excluding hydrogens is 328 g/mol. The molecule has 1 aliphatic heterocycles. The molecule has 1 aromatic heterocycles. The molecule has 140 valence electrons. The van der Waals surface area contributed by atoms with Crippen molar-refractivity contribution in [2.75, 3.05) is 26.2 Å². The smallest absolute Gasteiger partial charge is 0.253 e. The van der Waals surface area contributed by atoms with Gasteiger partial charge in [0, 0.05) is 44.2 Å². The van der Waals surface area contributed by atoms with Crippen LogP contribution < -0.4 is 0 Å². The fraction of sp³-hybridized carbons (Fsp3) is 0.550. The Bertz CT molecular complexity index is 825. The van der Waals surface area contributed by atoms with Gasteiger partial charge in [-0.15, -0.1) is 0 Å². The normalized spacial score (nSPS) is 15.6. The van der Waals surface area contributed by atoms with E-state index in [2.05, 4.69) is 23.4 Å². The minimum atomic E-state index is 0.0226. The maximum Gasteiger partial charge on any atom is 0.253 e. The average molecular weight is 356 g/mol. The number of hydrogen-bond acceptors (Lipinski definition) is 3. The van der Waals surface area contributed by atoms with Crippen molar-refractivity contribution >= 4 is 22.8 Å². The van der Waals surface area contributed by atoms with Crippen molar-refractivity contribution in [1.29, 1.82) is 0 Å². The van der Waals surface area contributed by atoms with Crippen LogP contribution in [0.15, 0.2) is 18.2 Å². The third kappa shape index (κ3) is 3.45. The number of carbonyl (C=O) groups is 2. The molecule has 0 unspecified atom stereocenters. The zero-order valence-electron chi connectivity index (χ0n) is 16.2. The molecule has 2 aromatic rings. The summed E-state index contributed by atoms with van der Waals surface area (Å²) in [6.45, 7) is 10.8. The zero-order chi connectivity index (χ0) is 18.8. The number of rotatable bonds is 3. The van der Waals surface area contributed by atoms with Crippen LogP contribution in [0, 0.1) is 6.92 Å². The number of aromatic nitrogens is 2. The summed E-state index contributed by atoms with van der Waals surface area (Å²) in [5.74, 6) is 1.15. The molecule has 0 bridgehead atoms.